The van der Waals surface area contributed by atoms with Crippen LogP contribution in [0.25, 0.3) is 0 Å². The third-order valence-corrected chi connectivity index (χ3v) is 7.02. The van der Waals surface area contributed by atoms with E-state index >= 15 is 0 Å². The fourth-order valence-electron chi connectivity index (χ4n) is 3.32. The van der Waals surface area contributed by atoms with Gasteiger partial charge in [0.25, 0.3) is 0 Å². The van der Waals surface area contributed by atoms with Crippen molar-refractivity contribution in [2.45, 2.75) is 39.2 Å². The maximum atomic E-state index is 12.8. The third-order valence-electron chi connectivity index (χ3n) is 5.19. The monoisotopic (exact) mass is 568 g/mol. The molecular formula is C21H37IN4O4S. The van der Waals surface area contributed by atoms with E-state index in [2.05, 4.69) is 36.4 Å². The minimum absolute atomic E-state index is 0. The molecule has 2 N–H and O–H groups in total. The van der Waals surface area contributed by atoms with Crippen LogP contribution in [0.2, 0.25) is 0 Å². The molecule has 178 valence electrons. The SMILES string of the molecule is CN=C(NCc1ccccc1CS(=O)(=O)N1CCOCC1)NCC(OC)C(C)(C)C.I. The molecule has 1 aliphatic rings. The Hall–Kier alpha value is -0.950. The standard InChI is InChI=1S/C21H36N4O4S.HI/c1-21(2,3)19(28-5)15-24-20(22-4)23-14-17-8-6-7-9-18(17)16-30(26,27)25-10-12-29-13-11-25;/h6-9,19H,10-16H2,1-5H3,(H2,22,23,24);1H. The largest absolute Gasteiger partial charge is 0.379 e. The van der Waals surface area contributed by atoms with E-state index in [1.165, 1.54) is 4.31 Å². The molecule has 2 rings (SSSR count). The number of ether oxygens (including phenoxy) is 2. The molecule has 0 aromatic heterocycles. The molecule has 8 nitrogen and oxygen atoms in total. The van der Waals surface area contributed by atoms with Crippen molar-refractivity contribution in [1.82, 2.24) is 14.9 Å². The van der Waals surface area contributed by atoms with Gasteiger partial charge >= 0.3 is 0 Å². The normalized spacial score (nSPS) is 17.0. The number of nitrogens with zero attached hydrogens (tertiary/aromatic N) is 2. The molecule has 1 heterocycles. The van der Waals surface area contributed by atoms with Gasteiger partial charge < -0.3 is 20.1 Å². The van der Waals surface area contributed by atoms with Crippen molar-refractivity contribution in [3.05, 3.63) is 35.4 Å². The summed E-state index contributed by atoms with van der Waals surface area (Å²) in [5, 5.41) is 6.57. The van der Waals surface area contributed by atoms with Crippen LogP contribution in [0, 0.1) is 5.41 Å². The third kappa shape index (κ3) is 8.83. The first-order valence-corrected chi connectivity index (χ1v) is 11.9. The predicted molar refractivity (Wildman–Crippen MR) is 135 cm³/mol. The molecule has 0 amide bonds. The topological polar surface area (TPSA) is 92.3 Å². The van der Waals surface area contributed by atoms with Crippen molar-refractivity contribution in [2.75, 3.05) is 47.0 Å². The van der Waals surface area contributed by atoms with E-state index in [1.807, 2.05) is 24.3 Å². The molecule has 1 aliphatic heterocycles. The molecule has 1 aromatic rings. The van der Waals surface area contributed by atoms with Gasteiger partial charge in [-0.05, 0) is 16.5 Å². The van der Waals surface area contributed by atoms with Crippen LogP contribution in [0.5, 0.6) is 0 Å². The van der Waals surface area contributed by atoms with Crippen molar-refractivity contribution in [1.29, 1.82) is 0 Å². The Bertz CT molecular complexity index is 806. The van der Waals surface area contributed by atoms with Gasteiger partial charge in [-0.15, -0.1) is 24.0 Å². The van der Waals surface area contributed by atoms with Crippen LogP contribution in [-0.2, 0) is 31.8 Å². The summed E-state index contributed by atoms with van der Waals surface area (Å²) in [4.78, 5) is 4.27. The predicted octanol–water partition coefficient (Wildman–Crippen LogP) is 2.19. The van der Waals surface area contributed by atoms with Crippen LogP contribution in [0.1, 0.15) is 31.9 Å². The van der Waals surface area contributed by atoms with Crippen LogP contribution >= 0.6 is 24.0 Å². The second-order valence-corrected chi connectivity index (χ2v) is 10.4. The zero-order chi connectivity index (χ0) is 22.2. The van der Waals surface area contributed by atoms with E-state index in [1.54, 1.807) is 14.2 Å². The molecule has 0 spiro atoms. The average molecular weight is 569 g/mol. The lowest BCUT2D eigenvalue weighted by Gasteiger charge is -2.30. The van der Waals surface area contributed by atoms with E-state index in [0.717, 1.165) is 11.1 Å². The molecule has 1 fully saturated rings. The number of aliphatic imine (C=N–C) groups is 1. The van der Waals surface area contributed by atoms with Crippen molar-refractivity contribution >= 4 is 40.0 Å². The summed E-state index contributed by atoms with van der Waals surface area (Å²) in [6.07, 6.45) is 0.0296. The van der Waals surface area contributed by atoms with Crippen molar-refractivity contribution in [3.8, 4) is 0 Å². The summed E-state index contributed by atoms with van der Waals surface area (Å²) in [7, 11) is 0.0375. The summed E-state index contributed by atoms with van der Waals surface area (Å²) in [5.41, 5.74) is 1.72. The summed E-state index contributed by atoms with van der Waals surface area (Å²) in [5.74, 6) is 0.624. The summed E-state index contributed by atoms with van der Waals surface area (Å²) >= 11 is 0. The Labute approximate surface area is 204 Å². The maximum Gasteiger partial charge on any atom is 0.218 e. The first-order chi connectivity index (χ1) is 14.2. The zero-order valence-electron chi connectivity index (χ0n) is 19.2. The molecule has 1 saturated heterocycles. The number of methoxy groups -OCH3 is 1. The summed E-state index contributed by atoms with van der Waals surface area (Å²) in [6, 6.07) is 7.59. The Kier molecular flexibility index (Phi) is 11.7. The van der Waals surface area contributed by atoms with Crippen LogP contribution in [0.4, 0.5) is 0 Å². The van der Waals surface area contributed by atoms with E-state index in [9.17, 15) is 8.42 Å². The molecule has 1 unspecified atom stereocenters. The zero-order valence-corrected chi connectivity index (χ0v) is 22.3. The van der Waals surface area contributed by atoms with Gasteiger partial charge in [-0.2, -0.15) is 4.31 Å². The minimum atomic E-state index is -3.38. The molecule has 0 radical (unpaired) electrons. The van der Waals surface area contributed by atoms with Gasteiger partial charge in [-0.1, -0.05) is 45.0 Å². The van der Waals surface area contributed by atoms with Crippen LogP contribution < -0.4 is 10.6 Å². The highest BCUT2D eigenvalue weighted by molar-refractivity contribution is 14.0. The first-order valence-electron chi connectivity index (χ1n) is 10.3. The number of hydrogen-bond acceptors (Lipinski definition) is 5. The Morgan fingerprint density at radius 3 is 2.35 bits per heavy atom. The van der Waals surface area contributed by atoms with Gasteiger partial charge in [-0.25, -0.2) is 8.42 Å². The number of benzene rings is 1. The Balaban J connectivity index is 0.00000480. The van der Waals surface area contributed by atoms with Crippen LogP contribution in [0.15, 0.2) is 29.3 Å². The van der Waals surface area contributed by atoms with Gasteiger partial charge in [0.05, 0.1) is 25.1 Å². The first kappa shape index (κ1) is 28.1. The summed E-state index contributed by atoms with van der Waals surface area (Å²) in [6.45, 7) is 9.19. The van der Waals surface area contributed by atoms with E-state index in [4.69, 9.17) is 9.47 Å². The highest BCUT2D eigenvalue weighted by Gasteiger charge is 2.26. The average Bonchev–Trinajstić information content (AvgIpc) is 2.71. The van der Waals surface area contributed by atoms with E-state index < -0.39 is 10.0 Å². The molecule has 1 atom stereocenters. The molecular weight excluding hydrogens is 531 g/mol. The fraction of sp³-hybridized carbons (Fsp3) is 0.667. The van der Waals surface area contributed by atoms with Crippen molar-refractivity contribution < 1.29 is 17.9 Å². The second-order valence-electron chi connectivity index (χ2n) is 8.43. The number of hydrogen-bond donors (Lipinski definition) is 2. The van der Waals surface area contributed by atoms with E-state index in [-0.39, 0.29) is 41.2 Å². The minimum Gasteiger partial charge on any atom is -0.379 e. The number of sulfonamides is 1. The van der Waals surface area contributed by atoms with Crippen LogP contribution in [-0.4, -0.2) is 71.8 Å². The molecule has 31 heavy (non-hydrogen) atoms. The second kappa shape index (κ2) is 12.9. The number of rotatable bonds is 8. The molecule has 10 heteroatoms. The van der Waals surface area contributed by atoms with Gasteiger partial charge in [0, 0.05) is 40.3 Å². The molecule has 0 aliphatic carbocycles. The fourth-order valence-corrected chi connectivity index (χ4v) is 4.88. The lowest BCUT2D eigenvalue weighted by molar-refractivity contribution is 0.0205. The number of halogens is 1. The number of nitrogens with one attached hydrogen (secondary N) is 2. The maximum absolute atomic E-state index is 12.8. The van der Waals surface area contributed by atoms with Gasteiger partial charge in [0.1, 0.15) is 0 Å². The molecule has 0 bridgehead atoms. The van der Waals surface area contributed by atoms with Gasteiger partial charge in [-0.3, -0.25) is 4.99 Å². The van der Waals surface area contributed by atoms with Crippen molar-refractivity contribution in [3.63, 3.8) is 0 Å². The molecule has 1 aromatic carbocycles. The van der Waals surface area contributed by atoms with Gasteiger partial charge in [0.2, 0.25) is 10.0 Å². The van der Waals surface area contributed by atoms with Crippen LogP contribution in [0.3, 0.4) is 0 Å². The Morgan fingerprint density at radius 1 is 1.19 bits per heavy atom. The quantitative estimate of drug-likeness (QED) is 0.284. The summed E-state index contributed by atoms with van der Waals surface area (Å²) < 4.78 is 38.0. The number of morpholine rings is 1. The lowest BCUT2D eigenvalue weighted by Crippen LogP contribution is -2.45. The van der Waals surface area contributed by atoms with Crippen molar-refractivity contribution in [2.24, 2.45) is 10.4 Å². The Morgan fingerprint density at radius 2 is 1.81 bits per heavy atom. The highest BCUT2D eigenvalue weighted by Crippen LogP contribution is 2.21. The number of guanidine groups is 1. The molecule has 0 saturated carbocycles. The van der Waals surface area contributed by atoms with E-state index in [0.29, 0.717) is 45.4 Å². The van der Waals surface area contributed by atoms with Gasteiger partial charge in [0.15, 0.2) is 5.96 Å². The highest BCUT2D eigenvalue weighted by atomic mass is 127. The lowest BCUT2D eigenvalue weighted by atomic mass is 9.89. The smallest absolute Gasteiger partial charge is 0.218 e.